The molecule has 0 aliphatic carbocycles. The molecule has 0 saturated heterocycles. The van der Waals surface area contributed by atoms with E-state index in [2.05, 4.69) is 4.98 Å². The number of nitrogens with zero attached hydrogens (tertiary/aromatic N) is 1. The van der Waals surface area contributed by atoms with Gasteiger partial charge in [-0.05, 0) is 31.2 Å². The third kappa shape index (κ3) is 2.97. The fourth-order valence-electron chi connectivity index (χ4n) is 1.44. The molecule has 4 nitrogen and oxygen atoms in total. The Kier molecular flexibility index (Phi) is 3.93. The van der Waals surface area contributed by atoms with E-state index in [1.54, 1.807) is 31.2 Å². The summed E-state index contributed by atoms with van der Waals surface area (Å²) < 4.78 is 5.45. The minimum Gasteiger partial charge on any atom is -0.477 e. The van der Waals surface area contributed by atoms with E-state index in [4.69, 9.17) is 33.0 Å². The zero-order chi connectivity index (χ0) is 14.0. The highest BCUT2D eigenvalue weighted by Gasteiger charge is 2.15. The second kappa shape index (κ2) is 5.47. The van der Waals surface area contributed by atoms with E-state index in [1.165, 1.54) is 6.07 Å². The topological polar surface area (TPSA) is 59.4 Å². The fourth-order valence-corrected chi connectivity index (χ4v) is 1.77. The summed E-state index contributed by atoms with van der Waals surface area (Å²) in [7, 11) is 0. The zero-order valence-corrected chi connectivity index (χ0v) is 11.4. The van der Waals surface area contributed by atoms with Crippen LogP contribution in [-0.2, 0) is 0 Å². The summed E-state index contributed by atoms with van der Waals surface area (Å²) in [6.07, 6.45) is 0. The van der Waals surface area contributed by atoms with Crippen LogP contribution in [0.5, 0.6) is 11.6 Å². The standard InChI is InChI=1S/C13H9Cl2NO3/c1-7-5-6-8(13(17)18)12(16-7)19-10-4-2-3-9(14)11(10)15/h2-6H,1H3,(H,17,18). The van der Waals surface area contributed by atoms with E-state index < -0.39 is 5.97 Å². The van der Waals surface area contributed by atoms with Crippen molar-refractivity contribution in [2.75, 3.05) is 0 Å². The van der Waals surface area contributed by atoms with Crippen molar-refractivity contribution in [3.8, 4) is 11.6 Å². The molecule has 0 unspecified atom stereocenters. The summed E-state index contributed by atoms with van der Waals surface area (Å²) >= 11 is 11.8. The van der Waals surface area contributed by atoms with Crippen molar-refractivity contribution in [1.29, 1.82) is 0 Å². The highest BCUT2D eigenvalue weighted by molar-refractivity contribution is 6.42. The molecule has 1 aromatic carbocycles. The molecule has 6 heteroatoms. The van der Waals surface area contributed by atoms with Crippen LogP contribution in [0.2, 0.25) is 10.0 Å². The van der Waals surface area contributed by atoms with Crippen molar-refractivity contribution in [3.63, 3.8) is 0 Å². The quantitative estimate of drug-likeness (QED) is 0.923. The van der Waals surface area contributed by atoms with Crippen molar-refractivity contribution < 1.29 is 14.6 Å². The average molecular weight is 298 g/mol. The summed E-state index contributed by atoms with van der Waals surface area (Å²) in [5, 5.41) is 9.61. The number of pyridine rings is 1. The first kappa shape index (κ1) is 13.6. The lowest BCUT2D eigenvalue weighted by molar-refractivity contribution is 0.0693. The van der Waals surface area contributed by atoms with Crippen LogP contribution in [0, 0.1) is 6.92 Å². The van der Waals surface area contributed by atoms with E-state index >= 15 is 0 Å². The summed E-state index contributed by atoms with van der Waals surface area (Å²) in [5.74, 6) is -0.882. The number of rotatable bonds is 3. The highest BCUT2D eigenvalue weighted by atomic mass is 35.5. The van der Waals surface area contributed by atoms with E-state index in [9.17, 15) is 4.79 Å². The zero-order valence-electron chi connectivity index (χ0n) is 9.85. The molecular formula is C13H9Cl2NO3. The van der Waals surface area contributed by atoms with E-state index in [1.807, 2.05) is 0 Å². The van der Waals surface area contributed by atoms with Crippen LogP contribution >= 0.6 is 23.2 Å². The van der Waals surface area contributed by atoms with Gasteiger partial charge in [0.2, 0.25) is 5.88 Å². The maximum Gasteiger partial charge on any atom is 0.341 e. The van der Waals surface area contributed by atoms with Gasteiger partial charge < -0.3 is 9.84 Å². The molecular weight excluding hydrogens is 289 g/mol. The SMILES string of the molecule is Cc1ccc(C(=O)O)c(Oc2cccc(Cl)c2Cl)n1. The Morgan fingerprint density at radius 2 is 2.00 bits per heavy atom. The maximum atomic E-state index is 11.1. The van der Waals surface area contributed by atoms with Crippen LogP contribution in [0.3, 0.4) is 0 Å². The van der Waals surface area contributed by atoms with E-state index in [-0.39, 0.29) is 22.2 Å². The number of benzene rings is 1. The monoisotopic (exact) mass is 297 g/mol. The number of carboxylic acid groups (broad SMARTS) is 1. The predicted octanol–water partition coefficient (Wildman–Crippen LogP) is 4.19. The molecule has 0 aliphatic heterocycles. The fraction of sp³-hybridized carbons (Fsp3) is 0.0769. The maximum absolute atomic E-state index is 11.1. The number of aryl methyl sites for hydroxylation is 1. The van der Waals surface area contributed by atoms with Gasteiger partial charge in [-0.25, -0.2) is 9.78 Å². The minimum atomic E-state index is -1.12. The van der Waals surface area contributed by atoms with Crippen molar-refractivity contribution >= 4 is 29.2 Å². The Bertz CT molecular complexity index is 644. The molecule has 0 amide bonds. The number of carbonyl (C=O) groups is 1. The lowest BCUT2D eigenvalue weighted by Crippen LogP contribution is -2.03. The molecule has 0 aliphatic rings. The van der Waals surface area contributed by atoms with Gasteiger partial charge in [0.1, 0.15) is 16.3 Å². The van der Waals surface area contributed by atoms with Gasteiger partial charge in [0.15, 0.2) is 0 Å². The molecule has 1 aromatic heterocycles. The average Bonchev–Trinajstić information content (AvgIpc) is 2.35. The first-order chi connectivity index (χ1) is 8.99. The summed E-state index contributed by atoms with van der Waals surface area (Å²) in [6, 6.07) is 7.87. The number of hydrogen-bond acceptors (Lipinski definition) is 3. The van der Waals surface area contributed by atoms with Gasteiger partial charge >= 0.3 is 5.97 Å². The number of halogens is 2. The Labute approximate surface area is 119 Å². The first-order valence-electron chi connectivity index (χ1n) is 5.32. The Hall–Kier alpha value is -1.78. The summed E-state index contributed by atoms with van der Waals surface area (Å²) in [6.45, 7) is 1.73. The number of aromatic nitrogens is 1. The second-order valence-electron chi connectivity index (χ2n) is 3.76. The molecule has 0 fully saturated rings. The summed E-state index contributed by atoms with van der Waals surface area (Å²) in [5.41, 5.74) is 0.597. The van der Waals surface area contributed by atoms with Crippen LogP contribution < -0.4 is 4.74 Å². The number of hydrogen-bond donors (Lipinski definition) is 1. The minimum absolute atomic E-state index is 0.0170. The number of carboxylic acids is 1. The molecule has 1 heterocycles. The molecule has 0 saturated carbocycles. The highest BCUT2D eigenvalue weighted by Crippen LogP contribution is 2.35. The lowest BCUT2D eigenvalue weighted by Gasteiger charge is -2.10. The molecule has 19 heavy (non-hydrogen) atoms. The molecule has 0 atom stereocenters. The van der Waals surface area contributed by atoms with Gasteiger partial charge in [0.05, 0.1) is 5.02 Å². The van der Waals surface area contributed by atoms with Gasteiger partial charge in [-0.15, -0.1) is 0 Å². The van der Waals surface area contributed by atoms with Gasteiger partial charge in [-0.3, -0.25) is 0 Å². The van der Waals surface area contributed by atoms with Crippen molar-refractivity contribution in [1.82, 2.24) is 4.98 Å². The van der Waals surface area contributed by atoms with Gasteiger partial charge in [-0.2, -0.15) is 0 Å². The van der Waals surface area contributed by atoms with Crippen LogP contribution in [0.25, 0.3) is 0 Å². The number of ether oxygens (including phenoxy) is 1. The Morgan fingerprint density at radius 3 is 2.68 bits per heavy atom. The molecule has 0 bridgehead atoms. The third-order valence-corrected chi connectivity index (χ3v) is 3.15. The van der Waals surface area contributed by atoms with E-state index in [0.29, 0.717) is 10.7 Å². The van der Waals surface area contributed by atoms with E-state index in [0.717, 1.165) is 0 Å². The molecule has 1 N–H and O–H groups in total. The molecule has 2 rings (SSSR count). The second-order valence-corrected chi connectivity index (χ2v) is 4.55. The Morgan fingerprint density at radius 1 is 1.26 bits per heavy atom. The van der Waals surface area contributed by atoms with Crippen molar-refractivity contribution in [2.45, 2.75) is 6.92 Å². The van der Waals surface area contributed by atoms with Gasteiger partial charge in [-0.1, -0.05) is 29.3 Å². The van der Waals surface area contributed by atoms with Crippen molar-refractivity contribution in [2.24, 2.45) is 0 Å². The Balaban J connectivity index is 2.45. The smallest absolute Gasteiger partial charge is 0.341 e. The molecule has 2 aromatic rings. The molecule has 98 valence electrons. The van der Waals surface area contributed by atoms with Gasteiger partial charge in [0.25, 0.3) is 0 Å². The third-order valence-electron chi connectivity index (χ3n) is 2.35. The van der Waals surface area contributed by atoms with Crippen LogP contribution in [-0.4, -0.2) is 16.1 Å². The molecule has 0 spiro atoms. The predicted molar refractivity (Wildman–Crippen MR) is 72.5 cm³/mol. The normalized spacial score (nSPS) is 10.3. The largest absolute Gasteiger partial charge is 0.477 e. The number of aromatic carboxylic acids is 1. The van der Waals surface area contributed by atoms with Gasteiger partial charge in [0, 0.05) is 5.69 Å². The van der Waals surface area contributed by atoms with Crippen molar-refractivity contribution in [3.05, 3.63) is 51.6 Å². The summed E-state index contributed by atoms with van der Waals surface area (Å²) in [4.78, 5) is 15.2. The van der Waals surface area contributed by atoms with Crippen LogP contribution in [0.4, 0.5) is 0 Å². The first-order valence-corrected chi connectivity index (χ1v) is 6.07. The molecule has 0 radical (unpaired) electrons. The van der Waals surface area contributed by atoms with Crippen LogP contribution in [0.15, 0.2) is 30.3 Å². The van der Waals surface area contributed by atoms with Crippen LogP contribution in [0.1, 0.15) is 16.1 Å². The lowest BCUT2D eigenvalue weighted by atomic mass is 10.2.